The van der Waals surface area contributed by atoms with E-state index in [1.54, 1.807) is 18.5 Å². The zero-order valence-electron chi connectivity index (χ0n) is 9.54. The van der Waals surface area contributed by atoms with Gasteiger partial charge in [-0.15, -0.1) is 5.10 Å². The number of amidine groups is 1. The van der Waals surface area contributed by atoms with E-state index in [0.717, 1.165) is 0 Å². The Kier molecular flexibility index (Phi) is 2.04. The van der Waals surface area contributed by atoms with Crippen LogP contribution in [0.4, 0.5) is 0 Å². The van der Waals surface area contributed by atoms with Gasteiger partial charge in [-0.3, -0.25) is 4.79 Å². The van der Waals surface area contributed by atoms with Crippen molar-refractivity contribution >= 4 is 11.7 Å². The minimum atomic E-state index is -0.189. The Morgan fingerprint density at radius 3 is 3.12 bits per heavy atom. The smallest absolute Gasteiger partial charge is 0.323 e. The fourth-order valence-corrected chi connectivity index (χ4v) is 1.87. The molecule has 1 atom stereocenters. The van der Waals surface area contributed by atoms with Crippen LogP contribution in [0.2, 0.25) is 0 Å². The van der Waals surface area contributed by atoms with Crippen molar-refractivity contribution in [3.8, 4) is 6.01 Å². The first-order valence-electron chi connectivity index (χ1n) is 5.48. The van der Waals surface area contributed by atoms with Crippen molar-refractivity contribution in [1.82, 2.24) is 15.0 Å². The molecule has 0 saturated carbocycles. The number of nitrogens with zero attached hydrogens (tertiary/aromatic N) is 3. The van der Waals surface area contributed by atoms with E-state index in [0.29, 0.717) is 17.6 Å². The zero-order chi connectivity index (χ0) is 12.0. The third-order valence-electron chi connectivity index (χ3n) is 2.82. The van der Waals surface area contributed by atoms with Crippen LogP contribution in [0, 0.1) is 11.8 Å². The highest BCUT2D eigenvalue weighted by Crippen LogP contribution is 2.24. The largest absolute Gasteiger partial charge is 0.421 e. The fourth-order valence-electron chi connectivity index (χ4n) is 1.87. The van der Waals surface area contributed by atoms with Crippen molar-refractivity contribution < 1.29 is 9.53 Å². The highest BCUT2D eigenvalue weighted by Gasteiger charge is 2.32. The summed E-state index contributed by atoms with van der Waals surface area (Å²) in [7, 11) is 0. The molecular weight excluding hydrogens is 220 g/mol. The third kappa shape index (κ3) is 1.52. The summed E-state index contributed by atoms with van der Waals surface area (Å²) in [6.07, 6.45) is 5.07. The van der Waals surface area contributed by atoms with Gasteiger partial charge in [-0.25, -0.2) is 4.98 Å². The number of rotatable bonds is 1. The van der Waals surface area contributed by atoms with Crippen molar-refractivity contribution in [3.63, 3.8) is 0 Å². The van der Waals surface area contributed by atoms with E-state index < -0.39 is 0 Å². The molecule has 6 nitrogen and oxygen atoms in total. The highest BCUT2D eigenvalue weighted by molar-refractivity contribution is 6.10. The summed E-state index contributed by atoms with van der Waals surface area (Å²) in [5, 5.41) is 6.97. The van der Waals surface area contributed by atoms with Gasteiger partial charge in [0.05, 0.1) is 18.3 Å². The van der Waals surface area contributed by atoms with Crippen LogP contribution in [0.5, 0.6) is 6.01 Å². The number of hydrogen-bond donors (Lipinski definition) is 1. The molecular formula is C11H12N4O2. The molecule has 1 aromatic rings. The second-order valence-corrected chi connectivity index (χ2v) is 4.40. The van der Waals surface area contributed by atoms with Gasteiger partial charge in [0.1, 0.15) is 0 Å². The predicted molar refractivity (Wildman–Crippen MR) is 60.2 cm³/mol. The number of aromatic nitrogens is 2. The highest BCUT2D eigenvalue weighted by atomic mass is 16.5. The molecule has 1 unspecified atom stereocenters. The number of ether oxygens (including phenoxy) is 1. The molecule has 17 heavy (non-hydrogen) atoms. The lowest BCUT2D eigenvalue weighted by atomic mass is 9.92. The van der Waals surface area contributed by atoms with Gasteiger partial charge < -0.3 is 10.1 Å². The molecule has 0 aromatic carbocycles. The number of hydrogen-bond acceptors (Lipinski definition) is 4. The Bertz CT molecular complexity index is 541. The molecule has 88 valence electrons. The summed E-state index contributed by atoms with van der Waals surface area (Å²) in [6.45, 7) is 3.99. The molecule has 0 bridgehead atoms. The van der Waals surface area contributed by atoms with E-state index >= 15 is 0 Å². The van der Waals surface area contributed by atoms with E-state index in [9.17, 15) is 4.79 Å². The predicted octanol–water partition coefficient (Wildman–Crippen LogP) is 0.723. The molecule has 3 rings (SSSR count). The van der Waals surface area contributed by atoms with E-state index in [2.05, 4.69) is 15.4 Å². The normalized spacial score (nSPS) is 22.1. The Labute approximate surface area is 98.0 Å². The van der Waals surface area contributed by atoms with Crippen molar-refractivity contribution in [1.29, 1.82) is 0 Å². The summed E-state index contributed by atoms with van der Waals surface area (Å²) in [5.41, 5.74) is 0. The van der Waals surface area contributed by atoms with Crippen LogP contribution >= 0.6 is 0 Å². The average molecular weight is 232 g/mol. The summed E-state index contributed by atoms with van der Waals surface area (Å²) in [5.74, 6) is 0.994. The summed E-state index contributed by atoms with van der Waals surface area (Å²) in [4.78, 5) is 15.8. The van der Waals surface area contributed by atoms with Crippen LogP contribution in [0.15, 0.2) is 29.3 Å². The topological polar surface area (TPSA) is 68.5 Å². The maximum Gasteiger partial charge on any atom is 0.323 e. The molecule has 2 aliphatic heterocycles. The van der Waals surface area contributed by atoms with Crippen molar-refractivity contribution in [2.45, 2.75) is 13.8 Å². The van der Waals surface area contributed by atoms with Gasteiger partial charge in [0.25, 0.3) is 0 Å². The van der Waals surface area contributed by atoms with E-state index in [1.165, 1.54) is 4.68 Å². The van der Waals surface area contributed by atoms with Crippen LogP contribution in [-0.2, 0) is 4.79 Å². The molecule has 0 saturated heterocycles. The molecule has 6 heteroatoms. The van der Waals surface area contributed by atoms with Crippen LogP contribution in [0.25, 0.3) is 0 Å². The van der Waals surface area contributed by atoms with Crippen LogP contribution < -0.4 is 10.1 Å². The van der Waals surface area contributed by atoms with Crippen molar-refractivity contribution in [2.24, 2.45) is 16.9 Å². The molecule has 2 aliphatic rings. The van der Waals surface area contributed by atoms with Gasteiger partial charge in [0, 0.05) is 0 Å². The SMILES string of the molecule is CC(C)C1C=C2Oc3nccn3N=C2NC1=O. The Balaban J connectivity index is 2.03. The fraction of sp³-hybridized carbons (Fsp3) is 0.364. The molecule has 3 heterocycles. The number of amides is 1. The Hall–Kier alpha value is -2.11. The zero-order valence-corrected chi connectivity index (χ0v) is 9.54. The monoisotopic (exact) mass is 232 g/mol. The maximum absolute atomic E-state index is 11.8. The Morgan fingerprint density at radius 1 is 1.53 bits per heavy atom. The lowest BCUT2D eigenvalue weighted by molar-refractivity contribution is -0.123. The van der Waals surface area contributed by atoms with E-state index in [1.807, 2.05) is 13.8 Å². The first-order chi connectivity index (χ1) is 8.15. The molecule has 0 aliphatic carbocycles. The number of carbonyl (C=O) groups is 1. The summed E-state index contributed by atoms with van der Waals surface area (Å²) < 4.78 is 7.06. The van der Waals surface area contributed by atoms with E-state index in [4.69, 9.17) is 4.74 Å². The minimum absolute atomic E-state index is 0.0466. The van der Waals surface area contributed by atoms with Gasteiger partial charge >= 0.3 is 6.01 Å². The van der Waals surface area contributed by atoms with Gasteiger partial charge in [0.15, 0.2) is 11.6 Å². The number of imidazole rings is 1. The van der Waals surface area contributed by atoms with Crippen molar-refractivity contribution in [3.05, 3.63) is 24.2 Å². The third-order valence-corrected chi connectivity index (χ3v) is 2.82. The number of nitrogens with one attached hydrogen (secondary N) is 1. The maximum atomic E-state index is 11.8. The van der Waals surface area contributed by atoms with Crippen LogP contribution in [-0.4, -0.2) is 21.4 Å². The minimum Gasteiger partial charge on any atom is -0.421 e. The standard InChI is InChI=1S/C11H12N4O2/c1-6(2)7-5-8-9(13-10(7)16)14-15-4-3-12-11(15)17-8/h3-7H,1-2H3,(H,13,14,16). The van der Waals surface area contributed by atoms with Crippen molar-refractivity contribution in [2.75, 3.05) is 0 Å². The summed E-state index contributed by atoms with van der Waals surface area (Å²) in [6, 6.07) is 0.415. The molecule has 1 N–H and O–H groups in total. The quantitative estimate of drug-likeness (QED) is 0.775. The molecule has 1 amide bonds. The van der Waals surface area contributed by atoms with Crippen LogP contribution in [0.1, 0.15) is 13.8 Å². The van der Waals surface area contributed by atoms with Gasteiger partial charge in [-0.2, -0.15) is 4.68 Å². The first kappa shape index (κ1) is 10.1. The average Bonchev–Trinajstić information content (AvgIpc) is 2.71. The van der Waals surface area contributed by atoms with Crippen LogP contribution in [0.3, 0.4) is 0 Å². The Morgan fingerprint density at radius 2 is 2.35 bits per heavy atom. The van der Waals surface area contributed by atoms with Gasteiger partial charge in [-0.1, -0.05) is 13.8 Å². The van der Waals surface area contributed by atoms with Gasteiger partial charge in [0.2, 0.25) is 5.91 Å². The molecule has 0 fully saturated rings. The summed E-state index contributed by atoms with van der Waals surface area (Å²) >= 11 is 0. The van der Waals surface area contributed by atoms with Gasteiger partial charge in [-0.05, 0) is 12.0 Å². The molecule has 0 spiro atoms. The number of carbonyl (C=O) groups excluding carboxylic acids is 1. The number of fused-ring (bicyclic) bond motifs is 2. The lowest BCUT2D eigenvalue weighted by Crippen LogP contribution is -2.44. The molecule has 1 aromatic heterocycles. The van der Waals surface area contributed by atoms with E-state index in [-0.39, 0.29) is 17.7 Å². The molecule has 0 radical (unpaired) electrons. The second-order valence-electron chi connectivity index (χ2n) is 4.40. The first-order valence-corrected chi connectivity index (χ1v) is 5.48. The lowest BCUT2D eigenvalue weighted by Gasteiger charge is -2.26. The second kappa shape index (κ2) is 3.44.